The molecule has 76 valence electrons. The second kappa shape index (κ2) is 4.61. The molecule has 3 heteroatoms. The number of rotatable bonds is 4. The molecule has 0 aromatic rings. The molecule has 1 unspecified atom stereocenters. The summed E-state index contributed by atoms with van der Waals surface area (Å²) < 4.78 is 0. The van der Waals surface area contributed by atoms with E-state index in [1.165, 1.54) is 0 Å². The van der Waals surface area contributed by atoms with E-state index in [0.717, 1.165) is 38.8 Å². The van der Waals surface area contributed by atoms with Crippen LogP contribution in [0.2, 0.25) is 0 Å². The van der Waals surface area contributed by atoms with Crippen molar-refractivity contribution >= 4 is 5.91 Å². The fourth-order valence-corrected chi connectivity index (χ4v) is 1.66. The van der Waals surface area contributed by atoms with E-state index in [4.69, 9.17) is 0 Å². The average Bonchev–Trinajstić information content (AvgIpc) is 2.54. The van der Waals surface area contributed by atoms with Crippen molar-refractivity contribution in [2.45, 2.75) is 45.1 Å². The Bertz CT molecular complexity index is 174. The zero-order valence-electron chi connectivity index (χ0n) is 8.65. The van der Waals surface area contributed by atoms with Crippen molar-refractivity contribution in [3.05, 3.63) is 0 Å². The minimum absolute atomic E-state index is 0.165. The Balaban J connectivity index is 2.29. The van der Waals surface area contributed by atoms with E-state index >= 15 is 0 Å². The number of hydrogen-bond donors (Lipinski definition) is 2. The molecular formula is C10H20N2O. The summed E-state index contributed by atoms with van der Waals surface area (Å²) in [5.41, 5.74) is -0.298. The predicted molar refractivity (Wildman–Crippen MR) is 53.6 cm³/mol. The quantitative estimate of drug-likeness (QED) is 0.641. The maximum atomic E-state index is 11.7. The van der Waals surface area contributed by atoms with Crippen LogP contribution < -0.4 is 10.6 Å². The van der Waals surface area contributed by atoms with Crippen molar-refractivity contribution in [1.29, 1.82) is 0 Å². The van der Waals surface area contributed by atoms with Crippen LogP contribution >= 0.6 is 0 Å². The number of hydrogen-bond acceptors (Lipinski definition) is 2. The molecule has 1 aliphatic rings. The number of unbranched alkanes of at least 4 members (excludes halogenated alkanes) is 1. The van der Waals surface area contributed by atoms with E-state index in [-0.39, 0.29) is 11.4 Å². The highest BCUT2D eigenvalue weighted by atomic mass is 16.2. The molecule has 1 atom stereocenters. The van der Waals surface area contributed by atoms with Gasteiger partial charge in [0.1, 0.15) is 0 Å². The van der Waals surface area contributed by atoms with Crippen LogP contribution in [0.4, 0.5) is 0 Å². The first kappa shape index (κ1) is 10.5. The first-order chi connectivity index (χ1) is 6.19. The number of carbonyl (C=O) groups is 1. The zero-order valence-corrected chi connectivity index (χ0v) is 8.65. The fourth-order valence-electron chi connectivity index (χ4n) is 1.66. The van der Waals surface area contributed by atoms with E-state index < -0.39 is 0 Å². The average molecular weight is 184 g/mol. The fraction of sp³-hybridized carbons (Fsp3) is 0.900. The van der Waals surface area contributed by atoms with Gasteiger partial charge in [-0.1, -0.05) is 13.3 Å². The second-order valence-electron chi connectivity index (χ2n) is 3.97. The van der Waals surface area contributed by atoms with Gasteiger partial charge in [0.15, 0.2) is 0 Å². The van der Waals surface area contributed by atoms with Crippen LogP contribution in [0, 0.1) is 0 Å². The highest BCUT2D eigenvalue weighted by molar-refractivity contribution is 5.86. The molecule has 1 rings (SSSR count). The first-order valence-corrected chi connectivity index (χ1v) is 5.22. The summed E-state index contributed by atoms with van der Waals surface area (Å²) in [6.07, 6.45) is 4.27. The molecule has 1 amide bonds. The Morgan fingerprint density at radius 2 is 2.38 bits per heavy atom. The molecule has 2 N–H and O–H groups in total. The topological polar surface area (TPSA) is 41.1 Å². The van der Waals surface area contributed by atoms with Crippen molar-refractivity contribution in [2.75, 3.05) is 13.1 Å². The minimum atomic E-state index is -0.298. The largest absolute Gasteiger partial charge is 0.355 e. The van der Waals surface area contributed by atoms with Gasteiger partial charge in [0.2, 0.25) is 5.91 Å². The SMILES string of the molecule is CCCCNC(=O)C1(C)CCCN1. The summed E-state index contributed by atoms with van der Waals surface area (Å²) in [5, 5.41) is 6.21. The van der Waals surface area contributed by atoms with Crippen molar-refractivity contribution in [1.82, 2.24) is 10.6 Å². The number of amides is 1. The smallest absolute Gasteiger partial charge is 0.240 e. The van der Waals surface area contributed by atoms with Gasteiger partial charge in [0.25, 0.3) is 0 Å². The predicted octanol–water partition coefficient (Wildman–Crippen LogP) is 1.04. The maximum Gasteiger partial charge on any atom is 0.240 e. The molecule has 1 fully saturated rings. The third kappa shape index (κ3) is 2.69. The van der Waals surface area contributed by atoms with Crippen LogP contribution in [0.1, 0.15) is 39.5 Å². The summed E-state index contributed by atoms with van der Waals surface area (Å²) >= 11 is 0. The van der Waals surface area contributed by atoms with E-state index in [0.29, 0.717) is 0 Å². The molecule has 1 heterocycles. The van der Waals surface area contributed by atoms with Gasteiger partial charge < -0.3 is 10.6 Å². The Morgan fingerprint density at radius 3 is 2.92 bits per heavy atom. The van der Waals surface area contributed by atoms with Crippen LogP contribution in [-0.4, -0.2) is 24.5 Å². The lowest BCUT2D eigenvalue weighted by molar-refractivity contribution is -0.126. The van der Waals surface area contributed by atoms with Crippen molar-refractivity contribution in [3.63, 3.8) is 0 Å². The van der Waals surface area contributed by atoms with Crippen LogP contribution in [0.5, 0.6) is 0 Å². The standard InChI is InChI=1S/C10H20N2O/c1-3-4-7-11-9(13)10(2)6-5-8-12-10/h12H,3-8H2,1-2H3,(H,11,13). The van der Waals surface area contributed by atoms with Gasteiger partial charge in [0.05, 0.1) is 5.54 Å². The molecule has 0 aromatic carbocycles. The highest BCUT2D eigenvalue weighted by Crippen LogP contribution is 2.18. The molecule has 0 bridgehead atoms. The van der Waals surface area contributed by atoms with Gasteiger partial charge >= 0.3 is 0 Å². The molecule has 0 aromatic heterocycles. The van der Waals surface area contributed by atoms with Gasteiger partial charge in [-0.3, -0.25) is 4.79 Å². The molecule has 0 aliphatic carbocycles. The number of carbonyl (C=O) groups excluding carboxylic acids is 1. The lowest BCUT2D eigenvalue weighted by Crippen LogP contribution is -2.51. The monoisotopic (exact) mass is 184 g/mol. The maximum absolute atomic E-state index is 11.7. The van der Waals surface area contributed by atoms with Crippen molar-refractivity contribution in [3.8, 4) is 0 Å². The zero-order chi connectivity index (χ0) is 9.73. The van der Waals surface area contributed by atoms with Crippen LogP contribution in [0.15, 0.2) is 0 Å². The van der Waals surface area contributed by atoms with Crippen LogP contribution in [0.25, 0.3) is 0 Å². The molecule has 13 heavy (non-hydrogen) atoms. The molecule has 0 radical (unpaired) electrons. The summed E-state index contributed by atoms with van der Waals surface area (Å²) in [6.45, 7) is 5.90. The summed E-state index contributed by atoms with van der Waals surface area (Å²) in [4.78, 5) is 11.7. The third-order valence-corrected chi connectivity index (χ3v) is 2.69. The lowest BCUT2D eigenvalue weighted by Gasteiger charge is -2.22. The summed E-state index contributed by atoms with van der Waals surface area (Å²) in [6, 6.07) is 0. The summed E-state index contributed by atoms with van der Waals surface area (Å²) in [7, 11) is 0. The minimum Gasteiger partial charge on any atom is -0.355 e. The molecule has 1 saturated heterocycles. The Labute approximate surface area is 80.3 Å². The third-order valence-electron chi connectivity index (χ3n) is 2.69. The highest BCUT2D eigenvalue weighted by Gasteiger charge is 2.35. The lowest BCUT2D eigenvalue weighted by atomic mass is 9.99. The first-order valence-electron chi connectivity index (χ1n) is 5.22. The van der Waals surface area contributed by atoms with Gasteiger partial charge in [-0.2, -0.15) is 0 Å². The molecule has 1 aliphatic heterocycles. The molecule has 0 spiro atoms. The van der Waals surface area contributed by atoms with Crippen LogP contribution in [0.3, 0.4) is 0 Å². The Kier molecular flexibility index (Phi) is 3.72. The van der Waals surface area contributed by atoms with Gasteiger partial charge in [-0.15, -0.1) is 0 Å². The Hall–Kier alpha value is -0.570. The van der Waals surface area contributed by atoms with Gasteiger partial charge in [0, 0.05) is 6.54 Å². The molecule has 3 nitrogen and oxygen atoms in total. The van der Waals surface area contributed by atoms with Crippen molar-refractivity contribution < 1.29 is 4.79 Å². The van der Waals surface area contributed by atoms with Crippen LogP contribution in [-0.2, 0) is 4.79 Å². The van der Waals surface area contributed by atoms with E-state index in [1.54, 1.807) is 0 Å². The number of nitrogens with one attached hydrogen (secondary N) is 2. The van der Waals surface area contributed by atoms with E-state index in [1.807, 2.05) is 6.92 Å². The Morgan fingerprint density at radius 1 is 1.62 bits per heavy atom. The molecule has 0 saturated carbocycles. The van der Waals surface area contributed by atoms with E-state index in [9.17, 15) is 4.79 Å². The van der Waals surface area contributed by atoms with Gasteiger partial charge in [-0.05, 0) is 32.7 Å². The normalized spacial score (nSPS) is 27.5. The van der Waals surface area contributed by atoms with Gasteiger partial charge in [-0.25, -0.2) is 0 Å². The van der Waals surface area contributed by atoms with E-state index in [2.05, 4.69) is 17.6 Å². The molecular weight excluding hydrogens is 164 g/mol. The second-order valence-corrected chi connectivity index (χ2v) is 3.97. The summed E-state index contributed by atoms with van der Waals surface area (Å²) in [5.74, 6) is 0.165. The van der Waals surface area contributed by atoms with Crippen molar-refractivity contribution in [2.24, 2.45) is 0 Å².